The molecule has 0 spiro atoms. The first-order valence-corrected chi connectivity index (χ1v) is 11.2. The summed E-state index contributed by atoms with van der Waals surface area (Å²) in [4.78, 5) is 24.4. The first kappa shape index (κ1) is 19.2. The van der Waals surface area contributed by atoms with Crippen LogP contribution in [0.15, 0.2) is 18.2 Å². The van der Waals surface area contributed by atoms with Crippen molar-refractivity contribution in [1.29, 1.82) is 0 Å². The van der Waals surface area contributed by atoms with Crippen molar-refractivity contribution in [1.82, 2.24) is 0 Å². The number of amides is 1. The molecule has 1 rings (SSSR count). The molecule has 7 heteroatoms. The van der Waals surface area contributed by atoms with Gasteiger partial charge in [-0.2, -0.15) is 0 Å². The second kappa shape index (κ2) is 6.70. The molecule has 0 fully saturated rings. The summed E-state index contributed by atoms with van der Waals surface area (Å²) in [5, 5.41) is 11.4. The number of rotatable bonds is 4. The zero-order valence-electron chi connectivity index (χ0n) is 15.0. The van der Waals surface area contributed by atoms with Crippen LogP contribution in [0.1, 0.15) is 26.3 Å². The fourth-order valence-electron chi connectivity index (χ4n) is 2.09. The van der Waals surface area contributed by atoms with Crippen molar-refractivity contribution in [3.05, 3.63) is 33.9 Å². The SMILES string of the molecule is CN(C(=O)OC(C)(C)C)c1ccc(C[Si](C)(C)C)c([N+](=O)[O-])c1. The maximum absolute atomic E-state index is 12.1. The molecule has 0 unspecified atom stereocenters. The number of nitro benzene ring substituents is 1. The number of nitro groups is 1. The lowest BCUT2D eigenvalue weighted by atomic mass is 10.1. The molecule has 0 N–H and O–H groups in total. The van der Waals surface area contributed by atoms with Gasteiger partial charge in [0.2, 0.25) is 0 Å². The number of carbonyl (C=O) groups is 1. The van der Waals surface area contributed by atoms with E-state index in [0.29, 0.717) is 5.69 Å². The molecule has 23 heavy (non-hydrogen) atoms. The van der Waals surface area contributed by atoms with Crippen molar-refractivity contribution in [2.24, 2.45) is 0 Å². The summed E-state index contributed by atoms with van der Waals surface area (Å²) in [6, 6.07) is 5.64. The van der Waals surface area contributed by atoms with E-state index in [1.54, 1.807) is 40.0 Å². The van der Waals surface area contributed by atoms with Gasteiger partial charge in [-0.1, -0.05) is 25.7 Å². The number of ether oxygens (including phenoxy) is 1. The maximum atomic E-state index is 12.1. The van der Waals surface area contributed by atoms with Crippen molar-refractivity contribution in [2.75, 3.05) is 11.9 Å². The molecule has 0 aromatic heterocycles. The Labute approximate surface area is 138 Å². The highest BCUT2D eigenvalue weighted by atomic mass is 28.3. The van der Waals surface area contributed by atoms with Gasteiger partial charge in [0, 0.05) is 26.8 Å². The minimum atomic E-state index is -1.48. The highest BCUT2D eigenvalue weighted by Gasteiger charge is 2.25. The highest BCUT2D eigenvalue weighted by molar-refractivity contribution is 6.75. The molecule has 0 bridgehead atoms. The van der Waals surface area contributed by atoms with Gasteiger partial charge in [-0.3, -0.25) is 15.0 Å². The highest BCUT2D eigenvalue weighted by Crippen LogP contribution is 2.28. The van der Waals surface area contributed by atoms with Gasteiger partial charge >= 0.3 is 6.09 Å². The first-order chi connectivity index (χ1) is 10.3. The fourth-order valence-corrected chi connectivity index (χ4v) is 3.53. The van der Waals surface area contributed by atoms with E-state index >= 15 is 0 Å². The predicted octanol–water partition coefficient (Wildman–Crippen LogP) is 4.39. The minimum absolute atomic E-state index is 0.0559. The van der Waals surface area contributed by atoms with Crippen LogP contribution in [0.3, 0.4) is 0 Å². The van der Waals surface area contributed by atoms with Gasteiger partial charge in [0.15, 0.2) is 0 Å². The van der Waals surface area contributed by atoms with Gasteiger partial charge in [0.1, 0.15) is 5.60 Å². The van der Waals surface area contributed by atoms with Crippen LogP contribution in [0.4, 0.5) is 16.2 Å². The molecule has 0 aliphatic rings. The van der Waals surface area contributed by atoms with Gasteiger partial charge in [0.25, 0.3) is 5.69 Å². The van der Waals surface area contributed by atoms with Gasteiger partial charge in [0.05, 0.1) is 10.6 Å². The Morgan fingerprint density at radius 1 is 1.30 bits per heavy atom. The normalized spacial score (nSPS) is 12.0. The third-order valence-corrected chi connectivity index (χ3v) is 4.48. The van der Waals surface area contributed by atoms with Crippen molar-refractivity contribution in [2.45, 2.75) is 52.1 Å². The zero-order valence-corrected chi connectivity index (χ0v) is 16.0. The summed E-state index contributed by atoms with van der Waals surface area (Å²) < 4.78 is 5.29. The molecule has 0 aliphatic carbocycles. The van der Waals surface area contributed by atoms with Crippen LogP contribution >= 0.6 is 0 Å². The minimum Gasteiger partial charge on any atom is -0.443 e. The van der Waals surface area contributed by atoms with Crippen LogP contribution in [0.5, 0.6) is 0 Å². The predicted molar refractivity (Wildman–Crippen MR) is 94.8 cm³/mol. The number of nitrogens with zero attached hydrogens (tertiary/aromatic N) is 2. The summed E-state index contributed by atoms with van der Waals surface area (Å²) in [5.74, 6) is 0. The van der Waals surface area contributed by atoms with Crippen LogP contribution in [-0.4, -0.2) is 31.7 Å². The second-order valence-electron chi connectivity index (χ2n) is 7.85. The maximum Gasteiger partial charge on any atom is 0.414 e. The van der Waals surface area contributed by atoms with Crippen LogP contribution < -0.4 is 4.90 Å². The topological polar surface area (TPSA) is 72.7 Å². The Balaban J connectivity index is 3.13. The first-order valence-electron chi connectivity index (χ1n) is 7.54. The lowest BCUT2D eigenvalue weighted by Gasteiger charge is -2.25. The number of carbonyl (C=O) groups excluding carboxylic acids is 1. The van der Waals surface area contributed by atoms with E-state index in [2.05, 4.69) is 19.6 Å². The molecule has 6 nitrogen and oxygen atoms in total. The van der Waals surface area contributed by atoms with Crippen LogP contribution in [0.2, 0.25) is 19.6 Å². The lowest BCUT2D eigenvalue weighted by Crippen LogP contribution is -2.34. The smallest absolute Gasteiger partial charge is 0.414 e. The molecule has 0 atom stereocenters. The van der Waals surface area contributed by atoms with Gasteiger partial charge in [-0.05, 0) is 32.9 Å². The fraction of sp³-hybridized carbons (Fsp3) is 0.562. The summed E-state index contributed by atoms with van der Waals surface area (Å²) >= 11 is 0. The lowest BCUT2D eigenvalue weighted by molar-refractivity contribution is -0.385. The largest absolute Gasteiger partial charge is 0.443 e. The number of hydrogen-bond acceptors (Lipinski definition) is 4. The molecule has 0 radical (unpaired) electrons. The molecule has 1 aromatic carbocycles. The van der Waals surface area contributed by atoms with Crippen molar-refractivity contribution in [3.8, 4) is 0 Å². The van der Waals surface area contributed by atoms with E-state index in [-0.39, 0.29) is 10.6 Å². The van der Waals surface area contributed by atoms with E-state index in [0.717, 1.165) is 11.6 Å². The van der Waals surface area contributed by atoms with Crippen LogP contribution in [0, 0.1) is 10.1 Å². The van der Waals surface area contributed by atoms with E-state index in [1.807, 2.05) is 0 Å². The van der Waals surface area contributed by atoms with Gasteiger partial charge in [-0.25, -0.2) is 4.79 Å². The Kier molecular flexibility index (Phi) is 5.58. The third-order valence-electron chi connectivity index (χ3n) is 3.04. The molecule has 0 saturated carbocycles. The summed E-state index contributed by atoms with van der Waals surface area (Å²) in [5.41, 5.74) is 0.607. The molecule has 1 aromatic rings. The van der Waals surface area contributed by atoms with E-state index in [1.165, 1.54) is 11.0 Å². The Morgan fingerprint density at radius 3 is 2.30 bits per heavy atom. The molecular weight excluding hydrogens is 312 g/mol. The summed E-state index contributed by atoms with van der Waals surface area (Å²) in [7, 11) is 0.0638. The quantitative estimate of drug-likeness (QED) is 0.464. The monoisotopic (exact) mass is 338 g/mol. The number of anilines is 1. The van der Waals surface area contributed by atoms with Gasteiger partial charge < -0.3 is 4.74 Å². The standard InChI is InChI=1S/C16H26N2O4Si/c1-16(2,3)22-15(19)17(4)13-9-8-12(11-23(5,6)7)14(10-13)18(20)21/h8-10H,11H2,1-7H3. The van der Waals surface area contributed by atoms with E-state index in [9.17, 15) is 14.9 Å². The average Bonchev–Trinajstić information content (AvgIpc) is 2.34. The molecule has 0 saturated heterocycles. The second-order valence-corrected chi connectivity index (χ2v) is 13.3. The van der Waals surface area contributed by atoms with E-state index in [4.69, 9.17) is 4.74 Å². The molecule has 0 heterocycles. The van der Waals surface area contributed by atoms with Crippen LogP contribution in [-0.2, 0) is 10.8 Å². The van der Waals surface area contributed by atoms with E-state index < -0.39 is 19.8 Å². The summed E-state index contributed by atoms with van der Waals surface area (Å²) in [6.45, 7) is 11.8. The molecule has 0 aliphatic heterocycles. The number of benzene rings is 1. The third kappa shape index (κ3) is 6.01. The van der Waals surface area contributed by atoms with Gasteiger partial charge in [-0.15, -0.1) is 0 Å². The Bertz CT molecular complexity index is 603. The van der Waals surface area contributed by atoms with Crippen LogP contribution in [0.25, 0.3) is 0 Å². The van der Waals surface area contributed by atoms with Crippen molar-refractivity contribution < 1.29 is 14.5 Å². The Morgan fingerprint density at radius 2 is 1.87 bits per heavy atom. The summed E-state index contributed by atoms with van der Waals surface area (Å²) in [6.07, 6.45) is -0.537. The Hall–Kier alpha value is -1.89. The van der Waals surface area contributed by atoms with Crippen molar-refractivity contribution in [3.63, 3.8) is 0 Å². The average molecular weight is 338 g/mol. The zero-order chi connectivity index (χ0) is 18.0. The molecule has 128 valence electrons. The van der Waals surface area contributed by atoms with Crippen molar-refractivity contribution >= 4 is 25.5 Å². The number of hydrogen-bond donors (Lipinski definition) is 0. The molecule has 1 amide bonds. The molecular formula is C16H26N2O4Si.